The zero-order chi connectivity index (χ0) is 30.8. The Morgan fingerprint density at radius 3 is 2.57 bits per heavy atom. The van der Waals surface area contributed by atoms with Crippen LogP contribution in [0.3, 0.4) is 0 Å². The molecule has 2 unspecified atom stereocenters. The molecule has 0 radical (unpaired) electrons. The van der Waals surface area contributed by atoms with E-state index in [4.69, 9.17) is 21.2 Å². The van der Waals surface area contributed by atoms with Crippen LogP contribution in [0.4, 0.5) is 19.1 Å². The van der Waals surface area contributed by atoms with Crippen molar-refractivity contribution in [3.8, 4) is 5.75 Å². The van der Waals surface area contributed by atoms with E-state index < -0.39 is 34.5 Å². The van der Waals surface area contributed by atoms with Crippen LogP contribution in [0.5, 0.6) is 5.75 Å². The molecule has 2 aromatic heterocycles. The first-order valence-electron chi connectivity index (χ1n) is 12.8. The molecular weight excluding hydrogens is 577 g/mol. The standard InChI is InChI=1S/C28H30ClF3N6O4/c1-15-21(35-25(39)19-7-6-17(28(30,31)32)13-22(19)41-4)9-8-18(23(15)29)20-12-16-14-34-27(33-10-11-37(2)3)36-24(16)38(42-5)26(20)40/h6-9,12-15,23H,10-11H2,1-5H3,(H,35,39)(H,33,34,36). The second-order valence-corrected chi connectivity index (χ2v) is 10.3. The number of carbonyl (C=O) groups is 1. The number of rotatable bonds is 9. The zero-order valence-electron chi connectivity index (χ0n) is 23.5. The number of methoxy groups -OCH3 is 1. The molecule has 14 heteroatoms. The first kappa shape index (κ1) is 30.8. The number of pyridine rings is 1. The summed E-state index contributed by atoms with van der Waals surface area (Å²) in [7, 11) is 6.43. The van der Waals surface area contributed by atoms with Crippen LogP contribution in [0.1, 0.15) is 28.4 Å². The van der Waals surface area contributed by atoms with Gasteiger partial charge in [0.25, 0.3) is 11.5 Å². The Labute approximate surface area is 244 Å². The summed E-state index contributed by atoms with van der Waals surface area (Å²) in [5.74, 6) is -1.03. The van der Waals surface area contributed by atoms with Gasteiger partial charge >= 0.3 is 6.18 Å². The number of aromatic nitrogens is 3. The van der Waals surface area contributed by atoms with Crippen LogP contribution >= 0.6 is 11.6 Å². The third kappa shape index (κ3) is 6.36. The number of alkyl halides is 4. The molecule has 10 nitrogen and oxygen atoms in total. The number of likely N-dealkylation sites (N-methyl/N-ethyl adjacent to an activating group) is 1. The number of nitrogens with one attached hydrogen (secondary N) is 2. The second-order valence-electron chi connectivity index (χ2n) is 9.84. The first-order chi connectivity index (χ1) is 19.8. The van der Waals surface area contributed by atoms with Gasteiger partial charge in [-0.3, -0.25) is 9.59 Å². The van der Waals surface area contributed by atoms with E-state index in [0.717, 1.165) is 29.5 Å². The van der Waals surface area contributed by atoms with E-state index in [1.165, 1.54) is 14.2 Å². The van der Waals surface area contributed by atoms with E-state index in [0.29, 0.717) is 29.1 Å². The summed E-state index contributed by atoms with van der Waals surface area (Å²) >= 11 is 6.80. The Morgan fingerprint density at radius 1 is 1.19 bits per heavy atom. The second kappa shape index (κ2) is 12.4. The van der Waals surface area contributed by atoms with Crippen molar-refractivity contribution in [1.29, 1.82) is 0 Å². The normalized spacial score (nSPS) is 17.1. The Hall–Kier alpha value is -4.10. The number of halogens is 4. The number of hydrogen-bond donors (Lipinski definition) is 2. The lowest BCUT2D eigenvalue weighted by Gasteiger charge is -2.28. The van der Waals surface area contributed by atoms with Gasteiger partial charge in [-0.1, -0.05) is 13.0 Å². The molecule has 0 saturated heterocycles. The van der Waals surface area contributed by atoms with Crippen molar-refractivity contribution in [3.05, 3.63) is 75.4 Å². The molecule has 0 aliphatic heterocycles. The topological polar surface area (TPSA) is 111 Å². The zero-order valence-corrected chi connectivity index (χ0v) is 24.3. The van der Waals surface area contributed by atoms with Crippen LogP contribution in [0.25, 0.3) is 16.6 Å². The van der Waals surface area contributed by atoms with Gasteiger partial charge in [0.05, 0.1) is 23.6 Å². The highest BCUT2D eigenvalue weighted by Gasteiger charge is 2.33. The lowest BCUT2D eigenvalue weighted by Crippen LogP contribution is -2.34. The fourth-order valence-electron chi connectivity index (χ4n) is 4.42. The minimum Gasteiger partial charge on any atom is -0.496 e. The van der Waals surface area contributed by atoms with Crippen LogP contribution in [0.15, 0.2) is 53.1 Å². The number of anilines is 1. The summed E-state index contributed by atoms with van der Waals surface area (Å²) in [6.45, 7) is 3.11. The fraction of sp³-hybridized carbons (Fsp3) is 0.357. The maximum atomic E-state index is 13.5. The van der Waals surface area contributed by atoms with Gasteiger partial charge in [-0.05, 0) is 50.0 Å². The summed E-state index contributed by atoms with van der Waals surface area (Å²) in [6, 6.07) is 4.27. The number of carbonyl (C=O) groups excluding carboxylic acids is 1. The predicted molar refractivity (Wildman–Crippen MR) is 154 cm³/mol. The van der Waals surface area contributed by atoms with E-state index in [9.17, 15) is 22.8 Å². The molecule has 0 saturated carbocycles. The lowest BCUT2D eigenvalue weighted by atomic mass is 9.88. The quantitative estimate of drug-likeness (QED) is 0.354. The molecule has 3 aromatic rings. The van der Waals surface area contributed by atoms with Crippen LogP contribution in [-0.4, -0.2) is 72.3 Å². The minimum absolute atomic E-state index is 0.0763. The van der Waals surface area contributed by atoms with Crippen molar-refractivity contribution in [3.63, 3.8) is 0 Å². The monoisotopic (exact) mass is 606 g/mol. The summed E-state index contributed by atoms with van der Waals surface area (Å²) in [5.41, 5.74) is -0.0586. The third-order valence-corrected chi connectivity index (χ3v) is 7.35. The molecule has 1 amide bonds. The van der Waals surface area contributed by atoms with Gasteiger partial charge in [-0.2, -0.15) is 18.2 Å². The number of hydrogen-bond acceptors (Lipinski definition) is 8. The van der Waals surface area contributed by atoms with Crippen molar-refractivity contribution >= 4 is 40.1 Å². The van der Waals surface area contributed by atoms with Crippen molar-refractivity contribution in [2.75, 3.05) is 46.7 Å². The van der Waals surface area contributed by atoms with Gasteiger partial charge in [0.1, 0.15) is 12.9 Å². The number of allylic oxidation sites excluding steroid dienone is 4. The highest BCUT2D eigenvalue weighted by molar-refractivity contribution is 6.27. The summed E-state index contributed by atoms with van der Waals surface area (Å²) in [4.78, 5) is 42.6. The number of ether oxygens (including phenoxy) is 1. The molecule has 1 aromatic carbocycles. The summed E-state index contributed by atoms with van der Waals surface area (Å²) < 4.78 is 45.4. The van der Waals surface area contributed by atoms with Gasteiger partial charge in [0, 0.05) is 41.9 Å². The van der Waals surface area contributed by atoms with E-state index in [1.54, 1.807) is 31.3 Å². The number of amides is 1. The molecule has 2 heterocycles. The van der Waals surface area contributed by atoms with Crippen molar-refractivity contribution in [1.82, 2.24) is 24.9 Å². The first-order valence-corrected chi connectivity index (χ1v) is 13.3. The van der Waals surface area contributed by atoms with Crippen molar-refractivity contribution in [2.45, 2.75) is 18.5 Å². The van der Waals surface area contributed by atoms with Gasteiger partial charge < -0.3 is 25.1 Å². The average molecular weight is 607 g/mol. The maximum Gasteiger partial charge on any atom is 0.416 e. The van der Waals surface area contributed by atoms with Gasteiger partial charge in [-0.15, -0.1) is 16.3 Å². The highest BCUT2D eigenvalue weighted by Crippen LogP contribution is 2.36. The maximum absolute atomic E-state index is 13.5. The molecule has 42 heavy (non-hydrogen) atoms. The largest absolute Gasteiger partial charge is 0.496 e. The lowest BCUT2D eigenvalue weighted by molar-refractivity contribution is -0.137. The van der Waals surface area contributed by atoms with E-state index in [2.05, 4.69) is 20.6 Å². The van der Waals surface area contributed by atoms with E-state index in [-0.39, 0.29) is 22.5 Å². The molecule has 0 spiro atoms. The molecule has 1 aliphatic carbocycles. The molecule has 1 aliphatic rings. The van der Waals surface area contributed by atoms with E-state index >= 15 is 0 Å². The van der Waals surface area contributed by atoms with Crippen LogP contribution in [0.2, 0.25) is 0 Å². The third-order valence-electron chi connectivity index (χ3n) is 6.74. The van der Waals surface area contributed by atoms with Crippen molar-refractivity contribution in [2.24, 2.45) is 5.92 Å². The van der Waals surface area contributed by atoms with Gasteiger partial charge in [-0.25, -0.2) is 4.98 Å². The average Bonchev–Trinajstić information content (AvgIpc) is 2.94. The highest BCUT2D eigenvalue weighted by atomic mass is 35.5. The Balaban J connectivity index is 1.64. The molecule has 0 fully saturated rings. The van der Waals surface area contributed by atoms with Crippen molar-refractivity contribution < 1.29 is 27.5 Å². The molecule has 224 valence electrons. The minimum atomic E-state index is -4.59. The number of fused-ring (bicyclic) bond motifs is 1. The molecule has 2 atom stereocenters. The smallest absolute Gasteiger partial charge is 0.416 e. The SMILES string of the molecule is COc1cc(C(F)(F)F)ccc1C(=O)NC1=CC=C(c2cc3cnc(NCCN(C)C)nc3n(OC)c2=O)C(Cl)C1C. The van der Waals surface area contributed by atoms with Crippen LogP contribution < -0.4 is 25.8 Å². The predicted octanol–water partition coefficient (Wildman–Crippen LogP) is 3.81. The molecule has 0 bridgehead atoms. The molecule has 4 rings (SSSR count). The fourth-order valence-corrected chi connectivity index (χ4v) is 4.75. The number of benzene rings is 1. The Morgan fingerprint density at radius 2 is 1.93 bits per heavy atom. The van der Waals surface area contributed by atoms with Crippen LogP contribution in [-0.2, 0) is 6.18 Å². The summed E-state index contributed by atoms with van der Waals surface area (Å²) in [6.07, 6.45) is 0.200. The number of nitrogens with zero attached hydrogens (tertiary/aromatic N) is 4. The van der Waals surface area contributed by atoms with Crippen LogP contribution in [0, 0.1) is 5.92 Å². The Bertz CT molecular complexity index is 1620. The van der Waals surface area contributed by atoms with Gasteiger partial charge in [0.15, 0.2) is 5.65 Å². The Kier molecular flexibility index (Phi) is 9.12. The van der Waals surface area contributed by atoms with E-state index in [1.807, 2.05) is 19.0 Å². The molecule has 2 N–H and O–H groups in total. The van der Waals surface area contributed by atoms with Gasteiger partial charge in [0.2, 0.25) is 5.95 Å². The summed E-state index contributed by atoms with van der Waals surface area (Å²) in [5, 5.41) is 5.62. The molecular formula is C28H30ClF3N6O4.